The summed E-state index contributed by atoms with van der Waals surface area (Å²) in [5, 5.41) is 0. The van der Waals surface area contributed by atoms with Crippen molar-refractivity contribution in [1.82, 2.24) is 24.8 Å². The highest BCUT2D eigenvalue weighted by molar-refractivity contribution is 6.01. The van der Waals surface area contributed by atoms with Crippen LogP contribution < -0.4 is 4.74 Å². The summed E-state index contributed by atoms with van der Waals surface area (Å²) in [7, 11) is 0. The van der Waals surface area contributed by atoms with E-state index in [4.69, 9.17) is 4.74 Å². The Morgan fingerprint density at radius 1 is 1.03 bits per heavy atom. The summed E-state index contributed by atoms with van der Waals surface area (Å²) in [6, 6.07) is 5.38. The fraction of sp³-hybridized carbons (Fsp3) is 0.318. The van der Waals surface area contributed by atoms with Gasteiger partial charge in [-0.3, -0.25) is 4.79 Å². The van der Waals surface area contributed by atoms with Gasteiger partial charge in [0.2, 0.25) is 5.88 Å². The molecule has 7 nitrogen and oxygen atoms in total. The van der Waals surface area contributed by atoms with E-state index in [1.807, 2.05) is 0 Å². The Morgan fingerprint density at radius 2 is 1.82 bits per heavy atom. The second kappa shape index (κ2) is 8.05. The molecule has 2 saturated heterocycles. The molecule has 2 aliphatic rings. The fourth-order valence-corrected chi connectivity index (χ4v) is 4.55. The number of alkyl halides is 3. The van der Waals surface area contributed by atoms with Gasteiger partial charge >= 0.3 is 6.18 Å². The summed E-state index contributed by atoms with van der Waals surface area (Å²) in [5.41, 5.74) is -0.935. The maximum atomic E-state index is 14.7. The first-order valence-electron chi connectivity index (χ1n) is 10.3. The first-order valence-corrected chi connectivity index (χ1v) is 10.3. The molecule has 3 atom stereocenters. The normalized spacial score (nSPS) is 21.9. The molecular weight excluding hydrogens is 442 g/mol. The number of aromatic nitrogens is 4. The zero-order chi connectivity index (χ0) is 23.2. The largest absolute Gasteiger partial charge is 0.471 e. The molecule has 2 aliphatic heterocycles. The summed E-state index contributed by atoms with van der Waals surface area (Å²) >= 11 is 0. The Kier molecular flexibility index (Phi) is 5.18. The third kappa shape index (κ3) is 3.87. The van der Waals surface area contributed by atoms with Crippen LogP contribution in [-0.2, 0) is 6.18 Å². The molecule has 11 heteroatoms. The van der Waals surface area contributed by atoms with E-state index < -0.39 is 23.8 Å². The third-order valence-electron chi connectivity index (χ3n) is 5.94. The average molecular weight is 459 g/mol. The lowest BCUT2D eigenvalue weighted by atomic mass is 9.98. The Labute approximate surface area is 185 Å². The van der Waals surface area contributed by atoms with Crippen molar-refractivity contribution in [3.63, 3.8) is 0 Å². The quantitative estimate of drug-likeness (QED) is 0.551. The summed E-state index contributed by atoms with van der Waals surface area (Å²) in [6.07, 6.45) is 1.34. The maximum Gasteiger partial charge on any atom is 0.434 e. The lowest BCUT2D eigenvalue weighted by Crippen LogP contribution is -2.39. The van der Waals surface area contributed by atoms with Gasteiger partial charge in [-0.2, -0.15) is 13.2 Å². The second-order valence-electron chi connectivity index (χ2n) is 7.88. The molecule has 170 valence electrons. The van der Waals surface area contributed by atoms with Crippen LogP contribution in [0.3, 0.4) is 0 Å². The molecule has 33 heavy (non-hydrogen) atoms. The minimum Gasteiger partial charge on any atom is -0.471 e. The molecular formula is C22H17F4N5O2. The Bertz CT molecular complexity index is 1170. The van der Waals surface area contributed by atoms with Gasteiger partial charge in [-0.15, -0.1) is 0 Å². The molecule has 0 unspecified atom stereocenters. The van der Waals surface area contributed by atoms with Gasteiger partial charge < -0.3 is 9.64 Å². The highest BCUT2D eigenvalue weighted by Crippen LogP contribution is 2.41. The van der Waals surface area contributed by atoms with Crippen LogP contribution in [-0.4, -0.2) is 48.9 Å². The molecule has 5 rings (SSSR count). The lowest BCUT2D eigenvalue weighted by Gasteiger charge is -2.25. The minimum atomic E-state index is -4.59. The van der Waals surface area contributed by atoms with E-state index in [0.29, 0.717) is 19.0 Å². The monoisotopic (exact) mass is 459 g/mol. The predicted molar refractivity (Wildman–Crippen MR) is 106 cm³/mol. The second-order valence-corrected chi connectivity index (χ2v) is 7.88. The number of hydrogen-bond donors (Lipinski definition) is 0. The summed E-state index contributed by atoms with van der Waals surface area (Å²) in [4.78, 5) is 30.4. The number of rotatable bonds is 4. The van der Waals surface area contributed by atoms with E-state index in [2.05, 4.69) is 19.9 Å². The van der Waals surface area contributed by atoms with Crippen molar-refractivity contribution < 1.29 is 27.1 Å². The molecule has 0 spiro atoms. The van der Waals surface area contributed by atoms with Crippen LogP contribution in [0.4, 0.5) is 17.6 Å². The van der Waals surface area contributed by atoms with Crippen molar-refractivity contribution >= 4 is 5.91 Å². The SMILES string of the molecule is O=C(c1cccc(F)c1-c1ncccn1)N1[C@@H]2CC[C@H]1[C@H](Oc1cnc(C(F)(F)F)cn1)C2. The minimum absolute atomic E-state index is 0.0282. The number of ether oxygens (including phenoxy) is 1. The van der Waals surface area contributed by atoms with Gasteiger partial charge in [-0.05, 0) is 31.0 Å². The molecule has 0 saturated carbocycles. The molecule has 0 aliphatic carbocycles. The highest BCUT2D eigenvalue weighted by atomic mass is 19.4. The van der Waals surface area contributed by atoms with E-state index in [1.165, 1.54) is 30.6 Å². The Balaban J connectivity index is 1.39. The van der Waals surface area contributed by atoms with E-state index in [9.17, 15) is 22.4 Å². The maximum absolute atomic E-state index is 14.7. The summed E-state index contributed by atoms with van der Waals surface area (Å²) in [5.74, 6) is -0.907. The molecule has 2 fully saturated rings. The number of benzene rings is 1. The number of amides is 1. The van der Waals surface area contributed by atoms with Crippen LogP contribution >= 0.6 is 0 Å². The van der Waals surface area contributed by atoms with Gasteiger partial charge in [0.05, 0.1) is 29.6 Å². The van der Waals surface area contributed by atoms with Crippen LogP contribution in [0.25, 0.3) is 11.4 Å². The fourth-order valence-electron chi connectivity index (χ4n) is 4.55. The van der Waals surface area contributed by atoms with Crippen LogP contribution in [0.15, 0.2) is 49.1 Å². The number of halogens is 4. The van der Waals surface area contributed by atoms with Crippen LogP contribution in [0.2, 0.25) is 0 Å². The van der Waals surface area contributed by atoms with E-state index in [1.54, 1.807) is 11.0 Å². The smallest absolute Gasteiger partial charge is 0.434 e. The number of carbonyl (C=O) groups is 1. The molecule has 0 radical (unpaired) electrons. The van der Waals surface area contributed by atoms with Crippen molar-refractivity contribution in [2.45, 2.75) is 43.6 Å². The van der Waals surface area contributed by atoms with Gasteiger partial charge in [0.25, 0.3) is 5.91 Å². The average Bonchev–Trinajstić information content (AvgIpc) is 3.36. The number of nitrogens with zero attached hydrogens (tertiary/aromatic N) is 5. The molecule has 4 heterocycles. The lowest BCUT2D eigenvalue weighted by molar-refractivity contribution is -0.141. The van der Waals surface area contributed by atoms with Crippen molar-refractivity contribution in [2.24, 2.45) is 0 Å². The summed E-state index contributed by atoms with van der Waals surface area (Å²) in [6.45, 7) is 0. The molecule has 1 aromatic carbocycles. The van der Waals surface area contributed by atoms with Crippen LogP contribution in [0.5, 0.6) is 5.88 Å². The zero-order valence-electron chi connectivity index (χ0n) is 17.0. The van der Waals surface area contributed by atoms with Gasteiger partial charge in [-0.1, -0.05) is 6.07 Å². The number of hydrogen-bond acceptors (Lipinski definition) is 6. The van der Waals surface area contributed by atoms with Gasteiger partial charge in [0, 0.05) is 24.9 Å². The highest BCUT2D eigenvalue weighted by Gasteiger charge is 2.50. The number of carbonyl (C=O) groups excluding carboxylic acids is 1. The number of fused-ring (bicyclic) bond motifs is 2. The van der Waals surface area contributed by atoms with E-state index in [0.717, 1.165) is 12.6 Å². The van der Waals surface area contributed by atoms with Crippen molar-refractivity contribution in [3.05, 3.63) is 66.1 Å². The van der Waals surface area contributed by atoms with Gasteiger partial charge in [0.15, 0.2) is 11.5 Å². The van der Waals surface area contributed by atoms with Gasteiger partial charge in [0.1, 0.15) is 11.9 Å². The topological polar surface area (TPSA) is 81.1 Å². The first kappa shape index (κ1) is 21.2. The zero-order valence-corrected chi connectivity index (χ0v) is 17.0. The van der Waals surface area contributed by atoms with Crippen molar-refractivity contribution in [3.8, 4) is 17.3 Å². The summed E-state index contributed by atoms with van der Waals surface area (Å²) < 4.78 is 58.6. The predicted octanol–water partition coefficient (Wildman–Crippen LogP) is 3.92. The van der Waals surface area contributed by atoms with E-state index in [-0.39, 0.29) is 40.8 Å². The van der Waals surface area contributed by atoms with Crippen molar-refractivity contribution in [2.75, 3.05) is 0 Å². The molecule has 1 amide bonds. The first-order chi connectivity index (χ1) is 15.8. The standard InChI is InChI=1S/C22H17F4N5O2/c23-14-4-1-3-13(19(14)20-27-7-2-8-28-20)21(32)31-12-5-6-15(31)16(9-12)33-18-11-29-17(10-30-18)22(24,25)26/h1-4,7-8,10-12,15-16H,5-6,9H2/t12-,15+,16-/m1/s1. The third-order valence-corrected chi connectivity index (χ3v) is 5.94. The molecule has 3 aromatic rings. The van der Waals surface area contributed by atoms with Crippen LogP contribution in [0.1, 0.15) is 35.3 Å². The Morgan fingerprint density at radius 3 is 2.52 bits per heavy atom. The van der Waals surface area contributed by atoms with Crippen LogP contribution in [0, 0.1) is 5.82 Å². The van der Waals surface area contributed by atoms with Crippen molar-refractivity contribution in [1.29, 1.82) is 0 Å². The Hall–Kier alpha value is -3.63. The van der Waals surface area contributed by atoms with Gasteiger partial charge in [-0.25, -0.2) is 24.3 Å². The van der Waals surface area contributed by atoms with E-state index >= 15 is 0 Å². The molecule has 0 N–H and O–H groups in total. The molecule has 2 aromatic heterocycles. The molecule has 2 bridgehead atoms.